The van der Waals surface area contributed by atoms with Crippen molar-refractivity contribution in [2.45, 2.75) is 144 Å². The van der Waals surface area contributed by atoms with Crippen LogP contribution >= 0.6 is 0 Å². The molecule has 0 aromatic carbocycles. The van der Waals surface area contributed by atoms with Crippen LogP contribution in [0.5, 0.6) is 5.88 Å². The maximum atomic E-state index is 6.08. The standard InChI is InChI=1S/C35H59N3OSi2/c1-7-9-11-16-28(3)17-12-18-29(4)19-14-24-40-33-20-13-23-37-35(33)32-25-36-26-34(38-32)39-41-27-31(6)22-21-30(5)15-10-8-2/h13,20,23,25-26,28-31H,7-12,14-19,21-22,24,27H2,1-6H3. The molecular formula is C35H59N3OSi2. The van der Waals surface area contributed by atoms with Crippen LogP contribution in [0.2, 0.25) is 12.1 Å². The van der Waals surface area contributed by atoms with Gasteiger partial charge in [0.1, 0.15) is 5.69 Å². The van der Waals surface area contributed by atoms with E-state index in [1.165, 1.54) is 101 Å². The average molecular weight is 594 g/mol. The van der Waals surface area contributed by atoms with Gasteiger partial charge in [0, 0.05) is 6.20 Å². The van der Waals surface area contributed by atoms with E-state index >= 15 is 0 Å². The van der Waals surface area contributed by atoms with Gasteiger partial charge in [0.05, 0.1) is 27.6 Å². The quantitative estimate of drug-likeness (QED) is 0.0898. The van der Waals surface area contributed by atoms with Crippen LogP contribution in [0.1, 0.15) is 131 Å². The van der Waals surface area contributed by atoms with Crippen molar-refractivity contribution in [2.75, 3.05) is 0 Å². The highest BCUT2D eigenvalue weighted by molar-refractivity contribution is 6.55. The van der Waals surface area contributed by atoms with E-state index in [4.69, 9.17) is 14.4 Å². The molecule has 0 saturated heterocycles. The Bertz CT molecular complexity index is 928. The fraction of sp³-hybridized carbons (Fsp3) is 0.743. The molecule has 0 aliphatic rings. The molecule has 4 radical (unpaired) electrons. The molecule has 0 saturated carbocycles. The number of hydrogen-bond acceptors (Lipinski definition) is 4. The molecular weight excluding hydrogens is 535 g/mol. The predicted molar refractivity (Wildman–Crippen MR) is 179 cm³/mol. The van der Waals surface area contributed by atoms with Crippen LogP contribution in [0.25, 0.3) is 11.4 Å². The summed E-state index contributed by atoms with van der Waals surface area (Å²) in [5.41, 5.74) is 1.79. The molecule has 41 heavy (non-hydrogen) atoms. The lowest BCUT2D eigenvalue weighted by Gasteiger charge is -2.15. The Labute approximate surface area is 258 Å². The Morgan fingerprint density at radius 3 is 2.15 bits per heavy atom. The van der Waals surface area contributed by atoms with Gasteiger partial charge in [0.25, 0.3) is 0 Å². The van der Waals surface area contributed by atoms with Gasteiger partial charge in [-0.1, -0.05) is 144 Å². The summed E-state index contributed by atoms with van der Waals surface area (Å²) in [5, 5.41) is 1.29. The predicted octanol–water partition coefficient (Wildman–Crippen LogP) is 9.75. The summed E-state index contributed by atoms with van der Waals surface area (Å²) in [6.45, 7) is 14.2. The molecule has 0 aliphatic heterocycles. The third-order valence-corrected chi connectivity index (χ3v) is 11.0. The van der Waals surface area contributed by atoms with Crippen molar-refractivity contribution in [3.8, 4) is 17.3 Å². The number of rotatable bonds is 24. The minimum Gasteiger partial charge on any atom is -0.527 e. The molecule has 2 aromatic heterocycles. The molecule has 2 rings (SSSR count). The summed E-state index contributed by atoms with van der Waals surface area (Å²) < 4.78 is 6.08. The SMILES string of the molecule is CCCCCC(C)CCCC(C)CCC[Si]c1cccnc1-c1cncc(O[Si]CC(C)CCC(C)CCCC)n1. The zero-order valence-electron chi connectivity index (χ0n) is 27.3. The van der Waals surface area contributed by atoms with Crippen LogP contribution in [-0.2, 0) is 0 Å². The van der Waals surface area contributed by atoms with Crippen LogP contribution in [0.15, 0.2) is 30.7 Å². The van der Waals surface area contributed by atoms with Gasteiger partial charge in [0.2, 0.25) is 5.88 Å². The third kappa shape index (κ3) is 16.0. The van der Waals surface area contributed by atoms with E-state index in [9.17, 15) is 0 Å². The lowest BCUT2D eigenvalue weighted by Crippen LogP contribution is -2.19. The molecule has 4 atom stereocenters. The monoisotopic (exact) mass is 593 g/mol. The summed E-state index contributed by atoms with van der Waals surface area (Å²) in [5.74, 6) is 3.85. The van der Waals surface area contributed by atoms with E-state index in [1.807, 2.05) is 12.4 Å². The van der Waals surface area contributed by atoms with Crippen molar-refractivity contribution < 1.29 is 4.43 Å². The highest BCUT2D eigenvalue weighted by Crippen LogP contribution is 2.22. The Hall–Kier alpha value is -1.54. The van der Waals surface area contributed by atoms with E-state index in [0.717, 1.165) is 44.7 Å². The maximum Gasteiger partial charge on any atom is 0.313 e. The van der Waals surface area contributed by atoms with Crippen molar-refractivity contribution in [3.63, 3.8) is 0 Å². The smallest absolute Gasteiger partial charge is 0.313 e. The van der Waals surface area contributed by atoms with Crippen molar-refractivity contribution >= 4 is 24.5 Å². The summed E-state index contributed by atoms with van der Waals surface area (Å²) in [7, 11) is 1.17. The number of unbranched alkanes of at least 4 members (excludes halogenated alkanes) is 3. The van der Waals surface area contributed by atoms with Gasteiger partial charge in [-0.3, -0.25) is 9.97 Å². The number of hydrogen-bond donors (Lipinski definition) is 0. The zero-order chi connectivity index (χ0) is 29.7. The van der Waals surface area contributed by atoms with E-state index in [0.29, 0.717) is 21.6 Å². The fourth-order valence-corrected chi connectivity index (χ4v) is 7.45. The number of aromatic nitrogens is 3. The lowest BCUT2D eigenvalue weighted by atomic mass is 9.93. The molecule has 2 heterocycles. The first-order chi connectivity index (χ1) is 19.9. The van der Waals surface area contributed by atoms with Crippen molar-refractivity contribution in [1.29, 1.82) is 0 Å². The summed E-state index contributed by atoms with van der Waals surface area (Å²) in [6.07, 6.45) is 24.4. The van der Waals surface area contributed by atoms with Gasteiger partial charge in [0.15, 0.2) is 0 Å². The molecule has 0 fully saturated rings. The van der Waals surface area contributed by atoms with Gasteiger partial charge < -0.3 is 4.43 Å². The highest BCUT2D eigenvalue weighted by atomic mass is 28.2. The molecule has 0 N–H and O–H groups in total. The molecule has 0 aliphatic carbocycles. The van der Waals surface area contributed by atoms with E-state index < -0.39 is 0 Å². The van der Waals surface area contributed by atoms with Gasteiger partial charge >= 0.3 is 9.76 Å². The molecule has 4 unspecified atom stereocenters. The van der Waals surface area contributed by atoms with Crippen LogP contribution in [0.3, 0.4) is 0 Å². The first-order valence-corrected chi connectivity index (χ1v) is 19.2. The minimum atomic E-state index is 0.419. The minimum absolute atomic E-state index is 0.419. The summed E-state index contributed by atoms with van der Waals surface area (Å²) in [4.78, 5) is 14.0. The Kier molecular flexibility index (Phi) is 19.2. The Balaban J connectivity index is 1.73. The largest absolute Gasteiger partial charge is 0.527 e. The summed E-state index contributed by atoms with van der Waals surface area (Å²) >= 11 is 0. The molecule has 0 bridgehead atoms. The van der Waals surface area contributed by atoms with Crippen molar-refractivity contribution in [2.24, 2.45) is 23.7 Å². The van der Waals surface area contributed by atoms with Gasteiger partial charge in [-0.25, -0.2) is 4.98 Å². The molecule has 0 amide bonds. The molecule has 4 nitrogen and oxygen atoms in total. The molecule has 6 heteroatoms. The normalized spacial score (nSPS) is 14.5. The van der Waals surface area contributed by atoms with Gasteiger partial charge in [-0.05, 0) is 41.0 Å². The first kappa shape index (κ1) is 35.7. The molecule has 0 spiro atoms. The molecule has 2 aromatic rings. The number of pyridine rings is 1. The highest BCUT2D eigenvalue weighted by Gasteiger charge is 2.13. The van der Waals surface area contributed by atoms with Crippen LogP contribution in [0.4, 0.5) is 0 Å². The second-order valence-electron chi connectivity index (χ2n) is 12.7. The van der Waals surface area contributed by atoms with E-state index in [1.54, 1.807) is 6.20 Å². The fourth-order valence-electron chi connectivity index (χ4n) is 5.41. The first-order valence-electron chi connectivity index (χ1n) is 16.8. The zero-order valence-corrected chi connectivity index (χ0v) is 29.3. The van der Waals surface area contributed by atoms with Gasteiger partial charge in [-0.2, -0.15) is 0 Å². The maximum absolute atomic E-state index is 6.08. The summed E-state index contributed by atoms with van der Waals surface area (Å²) in [6, 6.07) is 6.56. The van der Waals surface area contributed by atoms with Crippen LogP contribution in [0, 0.1) is 23.7 Å². The third-order valence-electron chi connectivity index (χ3n) is 8.36. The Morgan fingerprint density at radius 2 is 1.39 bits per heavy atom. The lowest BCUT2D eigenvalue weighted by molar-refractivity contribution is 0.400. The second-order valence-corrected chi connectivity index (χ2v) is 15.0. The second kappa shape index (κ2) is 22.1. The van der Waals surface area contributed by atoms with Gasteiger partial charge in [-0.15, -0.1) is 0 Å². The number of nitrogens with zero attached hydrogens (tertiary/aromatic N) is 3. The Morgan fingerprint density at radius 1 is 0.732 bits per heavy atom. The van der Waals surface area contributed by atoms with Crippen LogP contribution < -0.4 is 9.61 Å². The van der Waals surface area contributed by atoms with Crippen molar-refractivity contribution in [3.05, 3.63) is 30.7 Å². The van der Waals surface area contributed by atoms with Crippen molar-refractivity contribution in [1.82, 2.24) is 15.0 Å². The van der Waals surface area contributed by atoms with Crippen LogP contribution in [-0.4, -0.2) is 34.2 Å². The molecule has 228 valence electrons. The average Bonchev–Trinajstić information content (AvgIpc) is 2.97. The van der Waals surface area contributed by atoms with E-state index in [-0.39, 0.29) is 0 Å². The topological polar surface area (TPSA) is 47.9 Å². The van der Waals surface area contributed by atoms with E-state index in [2.05, 4.69) is 58.7 Å².